The maximum Gasteiger partial charge on any atom is 0.120 e. The summed E-state index contributed by atoms with van der Waals surface area (Å²) in [7, 11) is 0. The van der Waals surface area contributed by atoms with Crippen molar-refractivity contribution in [3.8, 4) is 17.6 Å². The molecule has 3 heteroatoms. The number of rotatable bonds is 4. The van der Waals surface area contributed by atoms with Crippen LogP contribution in [0.1, 0.15) is 24.8 Å². The SMILES string of the molecule is OCC#Cc1cccc(OCCN2CC3CCCC3C2)c1. The fourth-order valence-corrected chi connectivity index (χ4v) is 3.61. The molecule has 2 fully saturated rings. The first-order valence-corrected chi connectivity index (χ1v) is 7.90. The smallest absolute Gasteiger partial charge is 0.120 e. The molecule has 0 bridgehead atoms. The standard InChI is InChI=1S/C18H23NO2/c20-10-3-5-15-4-1-8-18(12-15)21-11-9-19-13-16-6-2-7-17(16)14-19/h1,4,8,12,16-17,20H,2,6-7,9-11,13-14H2. The number of hydrogen-bond donors (Lipinski definition) is 1. The molecule has 0 radical (unpaired) electrons. The fourth-order valence-electron chi connectivity index (χ4n) is 3.61. The van der Waals surface area contributed by atoms with Crippen LogP contribution in [0.25, 0.3) is 0 Å². The van der Waals surface area contributed by atoms with E-state index in [1.165, 1.54) is 32.4 Å². The predicted molar refractivity (Wildman–Crippen MR) is 83.2 cm³/mol. The van der Waals surface area contributed by atoms with Crippen LogP contribution in [0.3, 0.4) is 0 Å². The van der Waals surface area contributed by atoms with Gasteiger partial charge in [-0.25, -0.2) is 0 Å². The molecule has 21 heavy (non-hydrogen) atoms. The molecule has 0 spiro atoms. The number of aliphatic hydroxyl groups is 1. The summed E-state index contributed by atoms with van der Waals surface area (Å²) in [5.74, 6) is 8.31. The third-order valence-corrected chi connectivity index (χ3v) is 4.62. The van der Waals surface area contributed by atoms with Gasteiger partial charge in [0, 0.05) is 25.2 Å². The van der Waals surface area contributed by atoms with E-state index in [2.05, 4.69) is 16.7 Å². The first kappa shape index (κ1) is 14.4. The minimum Gasteiger partial charge on any atom is -0.492 e. The van der Waals surface area contributed by atoms with Crippen molar-refractivity contribution in [3.05, 3.63) is 29.8 Å². The lowest BCUT2D eigenvalue weighted by Crippen LogP contribution is -2.27. The zero-order chi connectivity index (χ0) is 14.5. The minimum atomic E-state index is -0.109. The van der Waals surface area contributed by atoms with Gasteiger partial charge in [0.05, 0.1) is 0 Å². The lowest BCUT2D eigenvalue weighted by molar-refractivity contribution is 0.227. The Hall–Kier alpha value is -1.50. The first-order chi connectivity index (χ1) is 10.3. The molecular formula is C18H23NO2. The largest absolute Gasteiger partial charge is 0.492 e. The molecule has 0 aromatic heterocycles. The lowest BCUT2D eigenvalue weighted by Gasteiger charge is -2.17. The highest BCUT2D eigenvalue weighted by atomic mass is 16.5. The Kier molecular flexibility index (Phi) is 4.80. The number of benzene rings is 1. The van der Waals surface area contributed by atoms with Gasteiger partial charge < -0.3 is 9.84 Å². The summed E-state index contributed by atoms with van der Waals surface area (Å²) < 4.78 is 5.84. The fraction of sp³-hybridized carbons (Fsp3) is 0.556. The van der Waals surface area contributed by atoms with Gasteiger partial charge in [-0.3, -0.25) is 4.90 Å². The van der Waals surface area contributed by atoms with Gasteiger partial charge >= 0.3 is 0 Å². The van der Waals surface area contributed by atoms with Crippen LogP contribution in [-0.4, -0.2) is 42.9 Å². The van der Waals surface area contributed by atoms with Crippen LogP contribution in [-0.2, 0) is 0 Å². The molecule has 1 saturated heterocycles. The Morgan fingerprint density at radius 3 is 2.81 bits per heavy atom. The van der Waals surface area contributed by atoms with E-state index in [0.29, 0.717) is 0 Å². The maximum atomic E-state index is 8.72. The van der Waals surface area contributed by atoms with Crippen LogP contribution in [0.5, 0.6) is 5.75 Å². The van der Waals surface area contributed by atoms with Gasteiger partial charge in [0.25, 0.3) is 0 Å². The quantitative estimate of drug-likeness (QED) is 0.860. The summed E-state index contributed by atoms with van der Waals surface area (Å²) in [6, 6.07) is 7.76. The van der Waals surface area contributed by atoms with E-state index in [4.69, 9.17) is 9.84 Å². The van der Waals surface area contributed by atoms with Crippen molar-refractivity contribution in [2.75, 3.05) is 32.8 Å². The summed E-state index contributed by atoms with van der Waals surface area (Å²) in [5, 5.41) is 8.72. The average Bonchev–Trinajstić information content (AvgIpc) is 3.07. The van der Waals surface area contributed by atoms with Crippen molar-refractivity contribution < 1.29 is 9.84 Å². The van der Waals surface area contributed by atoms with Crippen LogP contribution in [0, 0.1) is 23.7 Å². The van der Waals surface area contributed by atoms with Gasteiger partial charge in [0.2, 0.25) is 0 Å². The molecule has 1 aliphatic heterocycles. The van der Waals surface area contributed by atoms with Crippen molar-refractivity contribution in [2.24, 2.45) is 11.8 Å². The molecule has 112 valence electrons. The molecular weight excluding hydrogens is 262 g/mol. The van der Waals surface area contributed by atoms with Crippen molar-refractivity contribution in [2.45, 2.75) is 19.3 Å². The van der Waals surface area contributed by atoms with Crippen molar-refractivity contribution >= 4 is 0 Å². The number of likely N-dealkylation sites (tertiary alicyclic amines) is 1. The minimum absolute atomic E-state index is 0.109. The zero-order valence-corrected chi connectivity index (χ0v) is 12.4. The topological polar surface area (TPSA) is 32.7 Å². The van der Waals surface area contributed by atoms with Crippen molar-refractivity contribution in [1.29, 1.82) is 0 Å². The number of nitrogens with zero attached hydrogens (tertiary/aromatic N) is 1. The molecule has 3 nitrogen and oxygen atoms in total. The second-order valence-corrected chi connectivity index (χ2v) is 6.05. The molecule has 2 unspecified atom stereocenters. The number of hydrogen-bond acceptors (Lipinski definition) is 3. The molecule has 1 saturated carbocycles. The summed E-state index contributed by atoms with van der Waals surface area (Å²) in [6.07, 6.45) is 4.28. The molecule has 1 aromatic carbocycles. The Morgan fingerprint density at radius 2 is 2.05 bits per heavy atom. The highest BCUT2D eigenvalue weighted by Crippen LogP contribution is 2.37. The normalized spacial score (nSPS) is 24.4. The summed E-state index contributed by atoms with van der Waals surface area (Å²) in [5.41, 5.74) is 0.886. The molecule has 1 N–H and O–H groups in total. The summed E-state index contributed by atoms with van der Waals surface area (Å²) >= 11 is 0. The van der Waals surface area contributed by atoms with Crippen molar-refractivity contribution in [3.63, 3.8) is 0 Å². The highest BCUT2D eigenvalue weighted by molar-refractivity contribution is 5.39. The van der Waals surface area contributed by atoms with Crippen LogP contribution in [0.4, 0.5) is 0 Å². The van der Waals surface area contributed by atoms with Crippen molar-refractivity contribution in [1.82, 2.24) is 4.90 Å². The molecule has 1 aromatic rings. The van der Waals surface area contributed by atoms with E-state index in [-0.39, 0.29) is 6.61 Å². The molecule has 1 heterocycles. The Labute approximate surface area is 126 Å². The van der Waals surface area contributed by atoms with E-state index in [9.17, 15) is 0 Å². The van der Waals surface area contributed by atoms with E-state index >= 15 is 0 Å². The Balaban J connectivity index is 1.45. The van der Waals surface area contributed by atoms with E-state index < -0.39 is 0 Å². The van der Waals surface area contributed by atoms with Crippen LogP contribution in [0.15, 0.2) is 24.3 Å². The third kappa shape index (κ3) is 3.78. The highest BCUT2D eigenvalue weighted by Gasteiger charge is 2.35. The zero-order valence-electron chi connectivity index (χ0n) is 12.4. The van der Waals surface area contributed by atoms with Gasteiger partial charge in [-0.05, 0) is 42.9 Å². The molecule has 1 aliphatic carbocycles. The monoisotopic (exact) mass is 285 g/mol. The van der Waals surface area contributed by atoms with Gasteiger partial charge in [-0.1, -0.05) is 24.3 Å². The van der Waals surface area contributed by atoms with E-state index in [1.807, 2.05) is 24.3 Å². The van der Waals surface area contributed by atoms with Gasteiger partial charge in [0.1, 0.15) is 19.0 Å². The number of fused-ring (bicyclic) bond motifs is 1. The molecule has 0 amide bonds. The molecule has 2 aliphatic rings. The Bertz CT molecular complexity index is 520. The van der Waals surface area contributed by atoms with E-state index in [1.54, 1.807) is 0 Å². The second kappa shape index (κ2) is 6.98. The van der Waals surface area contributed by atoms with Gasteiger partial charge in [0.15, 0.2) is 0 Å². The maximum absolute atomic E-state index is 8.72. The van der Waals surface area contributed by atoms with Crippen LogP contribution in [0.2, 0.25) is 0 Å². The first-order valence-electron chi connectivity index (χ1n) is 7.90. The molecule has 3 rings (SSSR count). The average molecular weight is 285 g/mol. The molecule has 2 atom stereocenters. The number of ether oxygens (including phenoxy) is 1. The number of aliphatic hydroxyl groups excluding tert-OH is 1. The van der Waals surface area contributed by atoms with Gasteiger partial charge in [-0.2, -0.15) is 0 Å². The second-order valence-electron chi connectivity index (χ2n) is 6.05. The van der Waals surface area contributed by atoms with Crippen LogP contribution >= 0.6 is 0 Å². The Morgan fingerprint density at radius 1 is 1.24 bits per heavy atom. The third-order valence-electron chi connectivity index (χ3n) is 4.62. The van der Waals surface area contributed by atoms with Crippen LogP contribution < -0.4 is 4.74 Å². The van der Waals surface area contributed by atoms with E-state index in [0.717, 1.165) is 36.3 Å². The lowest BCUT2D eigenvalue weighted by atomic mass is 10.0. The summed E-state index contributed by atoms with van der Waals surface area (Å²) in [4.78, 5) is 2.55. The van der Waals surface area contributed by atoms with Gasteiger partial charge in [-0.15, -0.1) is 0 Å². The summed E-state index contributed by atoms with van der Waals surface area (Å²) in [6.45, 7) is 4.16. The predicted octanol–water partition coefficient (Wildman–Crippen LogP) is 2.14.